The molecule has 1 aromatic carbocycles. The summed E-state index contributed by atoms with van der Waals surface area (Å²) in [7, 11) is 0. The van der Waals surface area contributed by atoms with Gasteiger partial charge in [-0.2, -0.15) is 9.61 Å². The molecule has 0 saturated heterocycles. The van der Waals surface area contributed by atoms with E-state index in [1.807, 2.05) is 30.5 Å². The van der Waals surface area contributed by atoms with Gasteiger partial charge in [0.2, 0.25) is 0 Å². The Labute approximate surface area is 126 Å². The number of aromatic nitrogens is 4. The Balaban J connectivity index is 1.99. The number of nitrogen functional groups attached to an aromatic ring is 1. The average Bonchev–Trinajstić information content (AvgIpc) is 2.98. The van der Waals surface area contributed by atoms with E-state index in [4.69, 9.17) is 5.73 Å². The lowest BCUT2D eigenvalue weighted by Gasteiger charge is -2.04. The minimum Gasteiger partial charge on any atom is -0.384 e. The molecule has 0 radical (unpaired) electrons. The van der Waals surface area contributed by atoms with Crippen molar-refractivity contribution in [2.75, 3.05) is 5.73 Å². The zero-order valence-corrected chi connectivity index (χ0v) is 11.8. The second-order valence-electron chi connectivity index (χ2n) is 5.02. The molecular weight excluding hydrogens is 274 g/mol. The van der Waals surface area contributed by atoms with E-state index in [-0.39, 0.29) is 0 Å². The Morgan fingerprint density at radius 2 is 2.00 bits per heavy atom. The molecule has 0 amide bonds. The summed E-state index contributed by atoms with van der Waals surface area (Å²) >= 11 is 0. The molecule has 0 aliphatic carbocycles. The van der Waals surface area contributed by atoms with Crippen LogP contribution in [0, 0.1) is 0 Å². The number of hydrogen-bond acceptors (Lipinski definition) is 4. The molecule has 22 heavy (non-hydrogen) atoms. The van der Waals surface area contributed by atoms with Gasteiger partial charge < -0.3 is 5.73 Å². The predicted molar refractivity (Wildman–Crippen MR) is 88.2 cm³/mol. The monoisotopic (exact) mass is 287 g/mol. The van der Waals surface area contributed by atoms with Crippen LogP contribution in [0.25, 0.3) is 33.8 Å². The first-order chi connectivity index (χ1) is 10.8. The third-order valence-electron chi connectivity index (χ3n) is 3.63. The van der Waals surface area contributed by atoms with Gasteiger partial charge in [-0.15, -0.1) is 0 Å². The van der Waals surface area contributed by atoms with Crippen LogP contribution in [-0.4, -0.2) is 19.6 Å². The Hall–Kier alpha value is -3.21. The Morgan fingerprint density at radius 3 is 2.86 bits per heavy atom. The van der Waals surface area contributed by atoms with E-state index >= 15 is 0 Å². The molecule has 3 aromatic heterocycles. The van der Waals surface area contributed by atoms with E-state index in [0.29, 0.717) is 11.5 Å². The summed E-state index contributed by atoms with van der Waals surface area (Å²) in [6, 6.07) is 11.8. The molecule has 0 saturated carbocycles. The lowest BCUT2D eigenvalue weighted by molar-refractivity contribution is 0.950. The SMILES string of the molecule is C=Cc1cc(N)n2ncc(-c3cnc4ccccc4c3)c2n1. The van der Waals surface area contributed by atoms with Gasteiger partial charge in [-0.25, -0.2) is 4.98 Å². The predicted octanol–water partition coefficient (Wildman–Crippen LogP) is 3.17. The number of anilines is 1. The largest absolute Gasteiger partial charge is 0.384 e. The summed E-state index contributed by atoms with van der Waals surface area (Å²) < 4.78 is 1.62. The smallest absolute Gasteiger partial charge is 0.165 e. The van der Waals surface area contributed by atoms with Gasteiger partial charge in [0.15, 0.2) is 5.65 Å². The van der Waals surface area contributed by atoms with Crippen LogP contribution in [0.2, 0.25) is 0 Å². The van der Waals surface area contributed by atoms with Crippen molar-refractivity contribution in [3.63, 3.8) is 0 Å². The molecular formula is C17H13N5. The topological polar surface area (TPSA) is 69.1 Å². The van der Waals surface area contributed by atoms with Gasteiger partial charge in [-0.05, 0) is 18.2 Å². The summed E-state index contributed by atoms with van der Waals surface area (Å²) in [4.78, 5) is 9.04. The standard InChI is InChI=1S/C17H13N5/c1-2-13-8-16(18)22-17(21-13)14(10-20-22)12-7-11-5-3-4-6-15(11)19-9-12/h2-10H,1,18H2. The van der Waals surface area contributed by atoms with Gasteiger partial charge in [-0.1, -0.05) is 24.8 Å². The van der Waals surface area contributed by atoms with Gasteiger partial charge in [0.25, 0.3) is 0 Å². The van der Waals surface area contributed by atoms with Crippen LogP contribution in [0.3, 0.4) is 0 Å². The highest BCUT2D eigenvalue weighted by molar-refractivity contribution is 5.87. The molecule has 4 aromatic rings. The quantitative estimate of drug-likeness (QED) is 0.615. The van der Waals surface area contributed by atoms with E-state index in [0.717, 1.165) is 27.7 Å². The number of pyridine rings is 1. The van der Waals surface area contributed by atoms with Crippen molar-refractivity contribution < 1.29 is 0 Å². The second kappa shape index (κ2) is 4.66. The minimum atomic E-state index is 0.528. The van der Waals surface area contributed by atoms with Gasteiger partial charge in [-0.3, -0.25) is 4.98 Å². The first-order valence-electron chi connectivity index (χ1n) is 6.88. The zero-order valence-electron chi connectivity index (χ0n) is 11.8. The Bertz CT molecular complexity index is 1020. The summed E-state index contributed by atoms with van der Waals surface area (Å²) in [5, 5.41) is 5.39. The third kappa shape index (κ3) is 1.83. The van der Waals surface area contributed by atoms with Crippen molar-refractivity contribution in [3.8, 4) is 11.1 Å². The minimum absolute atomic E-state index is 0.528. The van der Waals surface area contributed by atoms with Gasteiger partial charge >= 0.3 is 0 Å². The van der Waals surface area contributed by atoms with E-state index in [1.165, 1.54) is 0 Å². The number of fused-ring (bicyclic) bond motifs is 2. The number of benzene rings is 1. The number of nitrogens with two attached hydrogens (primary N) is 1. The molecule has 0 unspecified atom stereocenters. The highest BCUT2D eigenvalue weighted by Gasteiger charge is 2.11. The van der Waals surface area contributed by atoms with Gasteiger partial charge in [0, 0.05) is 28.8 Å². The number of hydrogen-bond donors (Lipinski definition) is 1. The maximum Gasteiger partial charge on any atom is 0.165 e. The molecule has 0 atom stereocenters. The highest BCUT2D eigenvalue weighted by Crippen LogP contribution is 2.27. The first-order valence-corrected chi connectivity index (χ1v) is 6.88. The Morgan fingerprint density at radius 1 is 1.14 bits per heavy atom. The summed E-state index contributed by atoms with van der Waals surface area (Å²) in [6.07, 6.45) is 5.26. The summed E-state index contributed by atoms with van der Waals surface area (Å²) in [5.74, 6) is 0.528. The first kappa shape index (κ1) is 12.5. The van der Waals surface area contributed by atoms with E-state index in [1.54, 1.807) is 22.9 Å². The fraction of sp³-hybridized carbons (Fsp3) is 0. The fourth-order valence-corrected chi connectivity index (χ4v) is 2.53. The Kier molecular flexibility index (Phi) is 2.66. The van der Waals surface area contributed by atoms with Crippen LogP contribution < -0.4 is 5.73 Å². The van der Waals surface area contributed by atoms with Crippen molar-refractivity contribution in [1.82, 2.24) is 19.6 Å². The number of nitrogens with zero attached hydrogens (tertiary/aromatic N) is 4. The average molecular weight is 287 g/mol. The van der Waals surface area contributed by atoms with Gasteiger partial charge in [0.05, 0.1) is 17.4 Å². The highest BCUT2D eigenvalue weighted by atomic mass is 15.3. The van der Waals surface area contributed by atoms with Crippen molar-refractivity contribution in [1.29, 1.82) is 0 Å². The molecule has 0 spiro atoms. The van der Waals surface area contributed by atoms with E-state index in [2.05, 4.69) is 27.7 Å². The lowest BCUT2D eigenvalue weighted by atomic mass is 10.1. The fourth-order valence-electron chi connectivity index (χ4n) is 2.53. The number of para-hydroxylation sites is 1. The molecule has 0 fully saturated rings. The normalized spacial score (nSPS) is 11.1. The van der Waals surface area contributed by atoms with Crippen LogP contribution in [-0.2, 0) is 0 Å². The van der Waals surface area contributed by atoms with Crippen LogP contribution in [0.5, 0.6) is 0 Å². The van der Waals surface area contributed by atoms with Crippen LogP contribution >= 0.6 is 0 Å². The maximum atomic E-state index is 6.01. The van der Waals surface area contributed by atoms with Gasteiger partial charge in [0.1, 0.15) is 5.82 Å². The summed E-state index contributed by atoms with van der Waals surface area (Å²) in [6.45, 7) is 3.75. The zero-order chi connectivity index (χ0) is 15.1. The molecule has 106 valence electrons. The molecule has 2 N–H and O–H groups in total. The van der Waals surface area contributed by atoms with Crippen LogP contribution in [0.4, 0.5) is 5.82 Å². The van der Waals surface area contributed by atoms with E-state index in [9.17, 15) is 0 Å². The van der Waals surface area contributed by atoms with Crippen LogP contribution in [0.15, 0.2) is 55.4 Å². The van der Waals surface area contributed by atoms with Crippen molar-refractivity contribution in [2.24, 2.45) is 0 Å². The second-order valence-corrected chi connectivity index (χ2v) is 5.02. The van der Waals surface area contributed by atoms with Crippen molar-refractivity contribution in [2.45, 2.75) is 0 Å². The third-order valence-corrected chi connectivity index (χ3v) is 3.63. The molecule has 5 heteroatoms. The molecule has 0 bridgehead atoms. The maximum absolute atomic E-state index is 6.01. The lowest BCUT2D eigenvalue weighted by Crippen LogP contribution is -2.01. The molecule has 0 aliphatic rings. The molecule has 3 heterocycles. The van der Waals surface area contributed by atoms with Crippen LogP contribution in [0.1, 0.15) is 5.69 Å². The molecule has 5 nitrogen and oxygen atoms in total. The summed E-state index contributed by atoms with van der Waals surface area (Å²) in [5.41, 5.74) is 10.3. The molecule has 4 rings (SSSR count). The van der Waals surface area contributed by atoms with Crippen molar-refractivity contribution in [3.05, 3.63) is 61.1 Å². The van der Waals surface area contributed by atoms with E-state index < -0.39 is 0 Å². The number of rotatable bonds is 2. The van der Waals surface area contributed by atoms with Crippen molar-refractivity contribution >= 4 is 28.4 Å². The molecule has 0 aliphatic heterocycles.